The van der Waals surface area contributed by atoms with E-state index < -0.39 is 0 Å². The van der Waals surface area contributed by atoms with Gasteiger partial charge in [0.1, 0.15) is 0 Å². The van der Waals surface area contributed by atoms with Crippen molar-refractivity contribution in [2.45, 2.75) is 19.4 Å². The van der Waals surface area contributed by atoms with Crippen LogP contribution in [0.2, 0.25) is 5.02 Å². The lowest BCUT2D eigenvalue weighted by atomic mass is 10.2. The highest BCUT2D eigenvalue weighted by atomic mass is 79.9. The van der Waals surface area contributed by atoms with E-state index in [1.807, 2.05) is 6.92 Å². The summed E-state index contributed by atoms with van der Waals surface area (Å²) < 4.78 is 5.68. The lowest BCUT2D eigenvalue weighted by molar-refractivity contribution is 0.0929. The monoisotopic (exact) mass is 319 g/mol. The fourth-order valence-corrected chi connectivity index (χ4v) is 1.81. The van der Waals surface area contributed by atoms with Crippen LogP contribution in [-0.4, -0.2) is 25.7 Å². The van der Waals surface area contributed by atoms with Gasteiger partial charge in [-0.1, -0.05) is 11.6 Å². The third kappa shape index (κ3) is 4.66. The number of hydrogen-bond donors (Lipinski definition) is 1. The highest BCUT2D eigenvalue weighted by molar-refractivity contribution is 9.10. The summed E-state index contributed by atoms with van der Waals surface area (Å²) in [5, 5.41) is 3.49. The van der Waals surface area contributed by atoms with Gasteiger partial charge in [-0.05, 0) is 47.5 Å². The van der Waals surface area contributed by atoms with E-state index in [4.69, 9.17) is 16.3 Å². The molecule has 0 aliphatic rings. The zero-order chi connectivity index (χ0) is 12.8. The first-order chi connectivity index (χ1) is 8.04. The van der Waals surface area contributed by atoms with E-state index in [2.05, 4.69) is 21.2 Å². The Kier molecular flexibility index (Phi) is 5.95. The van der Waals surface area contributed by atoms with E-state index >= 15 is 0 Å². The Balaban J connectivity index is 2.60. The minimum atomic E-state index is -0.106. The lowest BCUT2D eigenvalue weighted by Crippen LogP contribution is -2.33. The van der Waals surface area contributed by atoms with Crippen molar-refractivity contribution in [3.8, 4) is 0 Å². The molecule has 1 atom stereocenters. The van der Waals surface area contributed by atoms with Gasteiger partial charge in [0, 0.05) is 29.8 Å². The smallest absolute Gasteiger partial charge is 0.251 e. The molecule has 17 heavy (non-hydrogen) atoms. The summed E-state index contributed by atoms with van der Waals surface area (Å²) in [6.07, 6.45) is 0.789. The lowest BCUT2D eigenvalue weighted by Gasteiger charge is -2.13. The van der Waals surface area contributed by atoms with Crippen molar-refractivity contribution in [2.24, 2.45) is 0 Å². The number of halogens is 2. The number of methoxy groups -OCH3 is 1. The van der Waals surface area contributed by atoms with Crippen LogP contribution in [0.4, 0.5) is 0 Å². The molecule has 5 heteroatoms. The van der Waals surface area contributed by atoms with Crippen molar-refractivity contribution in [3.05, 3.63) is 33.3 Å². The second-order valence-electron chi connectivity index (χ2n) is 3.78. The van der Waals surface area contributed by atoms with E-state index in [1.54, 1.807) is 25.3 Å². The van der Waals surface area contributed by atoms with Gasteiger partial charge >= 0.3 is 0 Å². The number of hydrogen-bond acceptors (Lipinski definition) is 2. The summed E-state index contributed by atoms with van der Waals surface area (Å²) in [5.41, 5.74) is 0.588. The molecule has 1 aromatic rings. The van der Waals surface area contributed by atoms with Crippen molar-refractivity contribution in [2.75, 3.05) is 13.7 Å². The Morgan fingerprint density at radius 2 is 2.29 bits per heavy atom. The summed E-state index contributed by atoms with van der Waals surface area (Å²) in [5.74, 6) is -0.106. The summed E-state index contributed by atoms with van der Waals surface area (Å²) in [6, 6.07) is 5.18. The first-order valence-electron chi connectivity index (χ1n) is 5.29. The van der Waals surface area contributed by atoms with Crippen LogP contribution in [0.3, 0.4) is 0 Å². The second kappa shape index (κ2) is 6.99. The van der Waals surface area contributed by atoms with Crippen LogP contribution in [-0.2, 0) is 4.74 Å². The SMILES string of the molecule is COCCC(C)NC(=O)c1ccc(Cl)c(Br)c1. The third-order valence-electron chi connectivity index (χ3n) is 2.31. The summed E-state index contributed by atoms with van der Waals surface area (Å²) in [7, 11) is 1.64. The molecular formula is C12H15BrClNO2. The molecular weight excluding hydrogens is 305 g/mol. The molecule has 0 saturated carbocycles. The van der Waals surface area contributed by atoms with Gasteiger partial charge in [0.15, 0.2) is 0 Å². The number of amides is 1. The molecule has 0 aliphatic heterocycles. The predicted molar refractivity (Wildman–Crippen MR) is 72.6 cm³/mol. The number of carbonyl (C=O) groups is 1. The van der Waals surface area contributed by atoms with Crippen LogP contribution >= 0.6 is 27.5 Å². The number of rotatable bonds is 5. The Morgan fingerprint density at radius 3 is 2.88 bits per heavy atom. The minimum absolute atomic E-state index is 0.0805. The molecule has 1 aromatic carbocycles. The summed E-state index contributed by atoms with van der Waals surface area (Å²) in [4.78, 5) is 11.9. The molecule has 0 fully saturated rings. The maximum absolute atomic E-state index is 11.9. The number of carbonyl (C=O) groups excluding carboxylic acids is 1. The molecule has 0 radical (unpaired) electrons. The average Bonchev–Trinajstić information content (AvgIpc) is 2.30. The number of nitrogens with one attached hydrogen (secondary N) is 1. The van der Waals surface area contributed by atoms with Crippen LogP contribution in [0.25, 0.3) is 0 Å². The van der Waals surface area contributed by atoms with Crippen molar-refractivity contribution in [1.29, 1.82) is 0 Å². The Hall–Kier alpha value is -0.580. The van der Waals surface area contributed by atoms with Crippen LogP contribution in [0.5, 0.6) is 0 Å². The zero-order valence-electron chi connectivity index (χ0n) is 9.80. The molecule has 0 heterocycles. The molecule has 3 nitrogen and oxygen atoms in total. The largest absolute Gasteiger partial charge is 0.385 e. The molecule has 1 rings (SSSR count). The van der Waals surface area contributed by atoms with E-state index in [0.29, 0.717) is 17.2 Å². The van der Waals surface area contributed by atoms with Gasteiger partial charge in [-0.3, -0.25) is 4.79 Å². The third-order valence-corrected chi connectivity index (χ3v) is 3.53. The molecule has 1 N–H and O–H groups in total. The van der Waals surface area contributed by atoms with Gasteiger partial charge in [-0.15, -0.1) is 0 Å². The molecule has 0 saturated heterocycles. The standard InChI is InChI=1S/C12H15BrClNO2/c1-8(5-6-17-2)15-12(16)9-3-4-11(14)10(13)7-9/h3-4,7-8H,5-6H2,1-2H3,(H,15,16). The van der Waals surface area contributed by atoms with Gasteiger partial charge in [0.05, 0.1) is 5.02 Å². The minimum Gasteiger partial charge on any atom is -0.385 e. The Bertz CT molecular complexity index is 398. The molecule has 0 aromatic heterocycles. The quantitative estimate of drug-likeness (QED) is 0.904. The maximum Gasteiger partial charge on any atom is 0.251 e. The number of benzene rings is 1. The molecule has 1 unspecified atom stereocenters. The first kappa shape index (κ1) is 14.5. The first-order valence-corrected chi connectivity index (χ1v) is 6.46. The van der Waals surface area contributed by atoms with Crippen molar-refractivity contribution < 1.29 is 9.53 Å². The summed E-state index contributed by atoms with van der Waals surface area (Å²) >= 11 is 9.16. The molecule has 0 spiro atoms. The Labute approximate surface area is 115 Å². The highest BCUT2D eigenvalue weighted by Gasteiger charge is 2.10. The normalized spacial score (nSPS) is 12.2. The zero-order valence-corrected chi connectivity index (χ0v) is 12.1. The molecule has 94 valence electrons. The van der Waals surface area contributed by atoms with Crippen LogP contribution in [0, 0.1) is 0 Å². The van der Waals surface area contributed by atoms with Crippen LogP contribution < -0.4 is 5.32 Å². The van der Waals surface area contributed by atoms with Crippen molar-refractivity contribution in [1.82, 2.24) is 5.32 Å². The Morgan fingerprint density at radius 1 is 1.59 bits per heavy atom. The fourth-order valence-electron chi connectivity index (χ4n) is 1.31. The van der Waals surface area contributed by atoms with Crippen LogP contribution in [0.15, 0.2) is 22.7 Å². The van der Waals surface area contributed by atoms with E-state index in [9.17, 15) is 4.79 Å². The maximum atomic E-state index is 11.9. The fraction of sp³-hybridized carbons (Fsp3) is 0.417. The van der Waals surface area contributed by atoms with Gasteiger partial charge < -0.3 is 10.1 Å². The highest BCUT2D eigenvalue weighted by Crippen LogP contribution is 2.23. The van der Waals surface area contributed by atoms with Crippen LogP contribution in [0.1, 0.15) is 23.7 Å². The average molecular weight is 321 g/mol. The molecule has 0 aliphatic carbocycles. The van der Waals surface area contributed by atoms with Gasteiger partial charge in [0.25, 0.3) is 5.91 Å². The predicted octanol–water partition coefficient (Wildman–Crippen LogP) is 3.26. The summed E-state index contributed by atoms with van der Waals surface area (Å²) in [6.45, 7) is 2.58. The molecule has 0 bridgehead atoms. The number of ether oxygens (including phenoxy) is 1. The van der Waals surface area contributed by atoms with Gasteiger partial charge in [-0.25, -0.2) is 0 Å². The molecule has 1 amide bonds. The second-order valence-corrected chi connectivity index (χ2v) is 5.05. The van der Waals surface area contributed by atoms with Gasteiger partial charge in [-0.2, -0.15) is 0 Å². The van der Waals surface area contributed by atoms with E-state index in [-0.39, 0.29) is 11.9 Å². The van der Waals surface area contributed by atoms with E-state index in [0.717, 1.165) is 10.9 Å². The van der Waals surface area contributed by atoms with Gasteiger partial charge in [0.2, 0.25) is 0 Å². The van der Waals surface area contributed by atoms with E-state index in [1.165, 1.54) is 0 Å². The van der Waals surface area contributed by atoms with Crippen molar-refractivity contribution >= 4 is 33.4 Å². The van der Waals surface area contributed by atoms with Crippen molar-refractivity contribution in [3.63, 3.8) is 0 Å². The topological polar surface area (TPSA) is 38.3 Å².